The fourth-order valence-corrected chi connectivity index (χ4v) is 2.71. The second kappa shape index (κ2) is 4.34. The Labute approximate surface area is 103 Å². The monoisotopic (exact) mass is 231 g/mol. The minimum Gasteiger partial charge on any atom is -0.493 e. The first-order valence-electron chi connectivity index (χ1n) is 6.76. The van der Waals surface area contributed by atoms with Crippen molar-refractivity contribution in [1.82, 2.24) is 0 Å². The lowest BCUT2D eigenvalue weighted by Crippen LogP contribution is -2.41. The highest BCUT2D eigenvalue weighted by Gasteiger charge is 2.39. The zero-order chi connectivity index (χ0) is 11.7. The summed E-state index contributed by atoms with van der Waals surface area (Å²) in [6.07, 6.45) is 6.41. The lowest BCUT2D eigenvalue weighted by atomic mass is 9.64. The third-order valence-corrected chi connectivity index (χ3v) is 4.33. The van der Waals surface area contributed by atoms with Crippen molar-refractivity contribution in [2.45, 2.75) is 37.5 Å². The highest BCUT2D eigenvalue weighted by atomic mass is 16.5. The Morgan fingerprint density at radius 2 is 2.00 bits per heavy atom. The van der Waals surface area contributed by atoms with Gasteiger partial charge in [-0.1, -0.05) is 24.6 Å². The van der Waals surface area contributed by atoms with Gasteiger partial charge in [0.2, 0.25) is 0 Å². The van der Waals surface area contributed by atoms with Gasteiger partial charge in [0.05, 0.1) is 6.61 Å². The summed E-state index contributed by atoms with van der Waals surface area (Å²) in [5.74, 6) is 1.88. The summed E-state index contributed by atoms with van der Waals surface area (Å²) in [5.41, 5.74) is 7.53. The molecule has 1 aromatic carbocycles. The van der Waals surface area contributed by atoms with Crippen molar-refractivity contribution < 1.29 is 4.74 Å². The first kappa shape index (κ1) is 11.1. The Morgan fingerprint density at radius 3 is 2.59 bits per heavy atom. The first-order valence-corrected chi connectivity index (χ1v) is 6.76. The Bertz CT molecular complexity index is 388. The predicted octanol–water partition coefficient (Wildman–Crippen LogP) is 2.86. The molecule has 0 heterocycles. The maximum atomic E-state index is 5.99. The average Bonchev–Trinajstić information content (AvgIpc) is 3.11. The Hall–Kier alpha value is -1.02. The van der Waals surface area contributed by atoms with E-state index >= 15 is 0 Å². The molecule has 2 nitrogen and oxygen atoms in total. The Balaban J connectivity index is 1.81. The van der Waals surface area contributed by atoms with E-state index in [2.05, 4.69) is 24.3 Å². The molecule has 92 valence electrons. The average molecular weight is 231 g/mol. The van der Waals surface area contributed by atoms with E-state index in [-0.39, 0.29) is 5.41 Å². The minimum atomic E-state index is 0.208. The molecule has 1 aromatic rings. The fraction of sp³-hybridized carbons (Fsp3) is 0.600. The molecule has 2 saturated carbocycles. The second-order valence-electron chi connectivity index (χ2n) is 5.59. The van der Waals surface area contributed by atoms with Crippen LogP contribution in [-0.4, -0.2) is 13.2 Å². The molecular weight excluding hydrogens is 210 g/mol. The van der Waals surface area contributed by atoms with Crippen molar-refractivity contribution in [3.63, 3.8) is 0 Å². The third kappa shape index (κ3) is 2.06. The summed E-state index contributed by atoms with van der Waals surface area (Å²) in [6, 6.07) is 8.48. The van der Waals surface area contributed by atoms with Gasteiger partial charge in [0, 0.05) is 17.5 Å². The molecule has 0 aliphatic heterocycles. The van der Waals surface area contributed by atoms with E-state index < -0.39 is 0 Å². The molecule has 0 radical (unpaired) electrons. The zero-order valence-electron chi connectivity index (χ0n) is 10.3. The molecule has 2 aliphatic rings. The number of hydrogen-bond acceptors (Lipinski definition) is 2. The van der Waals surface area contributed by atoms with Crippen LogP contribution in [0.25, 0.3) is 0 Å². The van der Waals surface area contributed by atoms with Gasteiger partial charge >= 0.3 is 0 Å². The van der Waals surface area contributed by atoms with Crippen LogP contribution < -0.4 is 10.5 Å². The summed E-state index contributed by atoms with van der Waals surface area (Å²) in [5, 5.41) is 0. The van der Waals surface area contributed by atoms with Crippen molar-refractivity contribution >= 4 is 0 Å². The van der Waals surface area contributed by atoms with Gasteiger partial charge in [-0.2, -0.15) is 0 Å². The molecule has 0 bridgehead atoms. The van der Waals surface area contributed by atoms with Crippen molar-refractivity contribution in [3.8, 4) is 5.75 Å². The van der Waals surface area contributed by atoms with Crippen LogP contribution in [0, 0.1) is 5.92 Å². The number of rotatable bonds is 5. The van der Waals surface area contributed by atoms with Gasteiger partial charge < -0.3 is 10.5 Å². The Kier molecular flexibility index (Phi) is 2.83. The van der Waals surface area contributed by atoms with E-state index in [4.69, 9.17) is 10.5 Å². The van der Waals surface area contributed by atoms with E-state index in [1.54, 1.807) is 0 Å². The number of ether oxygens (including phenoxy) is 1. The van der Waals surface area contributed by atoms with Gasteiger partial charge in [0.1, 0.15) is 5.75 Å². The fourth-order valence-electron chi connectivity index (χ4n) is 2.71. The van der Waals surface area contributed by atoms with Crippen LogP contribution in [0.4, 0.5) is 0 Å². The van der Waals surface area contributed by atoms with Crippen LogP contribution in [0.15, 0.2) is 24.3 Å². The number of hydrogen-bond donors (Lipinski definition) is 1. The van der Waals surface area contributed by atoms with E-state index in [9.17, 15) is 0 Å². The van der Waals surface area contributed by atoms with Gasteiger partial charge in [-0.05, 0) is 37.7 Å². The number of nitrogens with two attached hydrogens (primary N) is 1. The molecular formula is C15H21NO. The highest BCUT2D eigenvalue weighted by Crippen LogP contribution is 2.46. The van der Waals surface area contributed by atoms with E-state index in [1.807, 2.05) is 0 Å². The normalized spacial score (nSPS) is 21.9. The molecule has 0 spiro atoms. The van der Waals surface area contributed by atoms with Crippen molar-refractivity contribution in [2.75, 3.05) is 13.2 Å². The van der Waals surface area contributed by atoms with Crippen LogP contribution in [0.1, 0.15) is 37.7 Å². The molecule has 0 saturated heterocycles. The molecule has 3 rings (SSSR count). The quantitative estimate of drug-likeness (QED) is 0.845. The molecule has 0 amide bonds. The van der Waals surface area contributed by atoms with Crippen LogP contribution >= 0.6 is 0 Å². The molecule has 2 fully saturated rings. The van der Waals surface area contributed by atoms with E-state index in [0.717, 1.165) is 24.8 Å². The van der Waals surface area contributed by atoms with Gasteiger partial charge in [-0.3, -0.25) is 0 Å². The topological polar surface area (TPSA) is 35.2 Å². The van der Waals surface area contributed by atoms with E-state index in [0.29, 0.717) is 0 Å². The van der Waals surface area contributed by atoms with Crippen LogP contribution in [0.5, 0.6) is 5.75 Å². The largest absolute Gasteiger partial charge is 0.493 e. The smallest absolute Gasteiger partial charge is 0.123 e. The predicted molar refractivity (Wildman–Crippen MR) is 69.2 cm³/mol. The molecule has 2 heteroatoms. The van der Waals surface area contributed by atoms with Crippen LogP contribution in [0.2, 0.25) is 0 Å². The Morgan fingerprint density at radius 1 is 1.24 bits per heavy atom. The molecule has 0 unspecified atom stereocenters. The van der Waals surface area contributed by atoms with E-state index in [1.165, 1.54) is 37.7 Å². The standard InChI is InChI=1S/C15H21NO/c16-11-15(8-3-9-15)13-4-1-2-5-14(13)17-10-12-6-7-12/h1-2,4-5,12H,3,6-11,16H2. The molecule has 0 atom stereocenters. The number of benzene rings is 1. The van der Waals surface area contributed by atoms with Crippen LogP contribution in [0.3, 0.4) is 0 Å². The minimum absolute atomic E-state index is 0.208. The summed E-state index contributed by atoms with van der Waals surface area (Å²) in [4.78, 5) is 0. The summed E-state index contributed by atoms with van der Waals surface area (Å²) < 4.78 is 5.99. The zero-order valence-corrected chi connectivity index (χ0v) is 10.3. The number of para-hydroxylation sites is 1. The van der Waals surface area contributed by atoms with Crippen molar-refractivity contribution in [3.05, 3.63) is 29.8 Å². The van der Waals surface area contributed by atoms with Gasteiger partial charge in [0.15, 0.2) is 0 Å². The second-order valence-corrected chi connectivity index (χ2v) is 5.59. The summed E-state index contributed by atoms with van der Waals surface area (Å²) in [7, 11) is 0. The summed E-state index contributed by atoms with van der Waals surface area (Å²) in [6.45, 7) is 1.63. The highest BCUT2D eigenvalue weighted by molar-refractivity contribution is 5.41. The van der Waals surface area contributed by atoms with Crippen molar-refractivity contribution in [2.24, 2.45) is 11.7 Å². The molecule has 0 aromatic heterocycles. The molecule has 2 aliphatic carbocycles. The van der Waals surface area contributed by atoms with Crippen molar-refractivity contribution in [1.29, 1.82) is 0 Å². The third-order valence-electron chi connectivity index (χ3n) is 4.33. The maximum absolute atomic E-state index is 5.99. The molecule has 2 N–H and O–H groups in total. The van der Waals surface area contributed by atoms with Gasteiger partial charge in [-0.25, -0.2) is 0 Å². The lowest BCUT2D eigenvalue weighted by molar-refractivity contribution is 0.231. The first-order chi connectivity index (χ1) is 8.34. The van der Waals surface area contributed by atoms with Gasteiger partial charge in [0.25, 0.3) is 0 Å². The lowest BCUT2D eigenvalue weighted by Gasteiger charge is -2.42. The van der Waals surface area contributed by atoms with Gasteiger partial charge in [-0.15, -0.1) is 0 Å². The molecule has 17 heavy (non-hydrogen) atoms. The maximum Gasteiger partial charge on any atom is 0.123 e. The summed E-state index contributed by atoms with van der Waals surface area (Å²) >= 11 is 0. The SMILES string of the molecule is NCC1(c2ccccc2OCC2CC2)CCC1. The van der Waals surface area contributed by atoms with Crippen LogP contribution in [-0.2, 0) is 5.41 Å².